The molecule has 2 heteroatoms. The number of anilines is 1. The molecule has 1 aromatic carbocycles. The Morgan fingerprint density at radius 2 is 1.81 bits per heavy atom. The number of nitrogen functional groups attached to an aromatic ring is 1. The molecule has 82 valence electrons. The number of nitrogens with two attached hydrogens (primary N) is 2. The van der Waals surface area contributed by atoms with E-state index >= 15 is 0 Å². The van der Waals surface area contributed by atoms with Crippen LogP contribution in [0.15, 0.2) is 42.1 Å². The minimum Gasteiger partial charge on any atom is -0.399 e. The largest absolute Gasteiger partial charge is 0.399 e. The van der Waals surface area contributed by atoms with E-state index in [9.17, 15) is 0 Å². The van der Waals surface area contributed by atoms with Gasteiger partial charge in [-0.05, 0) is 54.0 Å². The summed E-state index contributed by atoms with van der Waals surface area (Å²) in [5.74, 6) is 1.17. The number of fused-ring (bicyclic) bond motifs is 2. The van der Waals surface area contributed by atoms with E-state index in [4.69, 9.17) is 11.5 Å². The highest BCUT2D eigenvalue weighted by Crippen LogP contribution is 2.35. The molecule has 2 nitrogen and oxygen atoms in total. The molecule has 0 spiro atoms. The Morgan fingerprint density at radius 3 is 2.69 bits per heavy atom. The number of rotatable bonds is 0. The van der Waals surface area contributed by atoms with Crippen LogP contribution in [0.4, 0.5) is 5.69 Å². The summed E-state index contributed by atoms with van der Waals surface area (Å²) in [6.07, 6.45) is 8.65. The molecule has 0 saturated heterocycles. The van der Waals surface area contributed by atoms with Crippen molar-refractivity contribution in [2.24, 2.45) is 17.6 Å². The first kappa shape index (κ1) is 9.52. The molecule has 4 N–H and O–H groups in total. The average molecular weight is 212 g/mol. The molecule has 2 aliphatic rings. The minimum absolute atomic E-state index is 0.555. The van der Waals surface area contributed by atoms with E-state index in [0.717, 1.165) is 24.2 Å². The maximum Gasteiger partial charge on any atom is 0.0316 e. The molecular formula is C14H16N2. The van der Waals surface area contributed by atoms with Crippen LogP contribution in [0, 0.1) is 11.8 Å². The van der Waals surface area contributed by atoms with Crippen LogP contribution in [0.3, 0.4) is 0 Å². The van der Waals surface area contributed by atoms with Crippen molar-refractivity contribution in [3.63, 3.8) is 0 Å². The fraction of sp³-hybridized carbons (Fsp3) is 0.286. The van der Waals surface area contributed by atoms with E-state index in [2.05, 4.69) is 24.3 Å². The Balaban J connectivity index is 1.98. The third kappa shape index (κ3) is 1.51. The summed E-state index contributed by atoms with van der Waals surface area (Å²) < 4.78 is 0. The second-order valence-electron chi connectivity index (χ2n) is 4.79. The lowest BCUT2D eigenvalue weighted by Crippen LogP contribution is -2.25. The minimum atomic E-state index is 0.555. The summed E-state index contributed by atoms with van der Waals surface area (Å²) in [4.78, 5) is 0. The molecule has 2 atom stereocenters. The van der Waals surface area contributed by atoms with Crippen LogP contribution in [-0.4, -0.2) is 0 Å². The van der Waals surface area contributed by atoms with Gasteiger partial charge in [0.1, 0.15) is 0 Å². The first-order valence-corrected chi connectivity index (χ1v) is 5.75. The van der Waals surface area contributed by atoms with Gasteiger partial charge in [0, 0.05) is 11.4 Å². The first-order valence-electron chi connectivity index (χ1n) is 5.75. The van der Waals surface area contributed by atoms with Crippen LogP contribution in [0.25, 0.3) is 0 Å². The van der Waals surface area contributed by atoms with Gasteiger partial charge in [0.05, 0.1) is 0 Å². The van der Waals surface area contributed by atoms with Crippen molar-refractivity contribution in [1.82, 2.24) is 0 Å². The number of allylic oxidation sites excluding steroid dienone is 3. The molecule has 1 aromatic rings. The predicted molar refractivity (Wildman–Crippen MR) is 66.7 cm³/mol. The third-order valence-corrected chi connectivity index (χ3v) is 3.63. The second kappa shape index (κ2) is 3.41. The molecule has 0 aromatic heterocycles. The molecule has 0 bridgehead atoms. The zero-order chi connectivity index (χ0) is 11.1. The summed E-state index contributed by atoms with van der Waals surface area (Å²) in [6.45, 7) is 0. The van der Waals surface area contributed by atoms with Gasteiger partial charge in [-0.3, -0.25) is 0 Å². The number of hydrogen-bond acceptors (Lipinski definition) is 2. The van der Waals surface area contributed by atoms with Crippen molar-refractivity contribution in [3.05, 3.63) is 53.3 Å². The van der Waals surface area contributed by atoms with Crippen LogP contribution in [0.5, 0.6) is 0 Å². The quantitative estimate of drug-likeness (QED) is 0.646. The van der Waals surface area contributed by atoms with Gasteiger partial charge in [0.2, 0.25) is 0 Å². The monoisotopic (exact) mass is 212 g/mol. The molecule has 0 aliphatic heterocycles. The molecule has 0 amide bonds. The first-order chi connectivity index (χ1) is 7.72. The smallest absolute Gasteiger partial charge is 0.0316 e. The molecule has 0 radical (unpaired) electrons. The number of hydrogen-bond donors (Lipinski definition) is 2. The molecule has 16 heavy (non-hydrogen) atoms. The number of benzene rings is 1. The highest BCUT2D eigenvalue weighted by Gasteiger charge is 2.27. The van der Waals surface area contributed by atoms with E-state index in [0.29, 0.717) is 11.8 Å². The lowest BCUT2D eigenvalue weighted by molar-refractivity contribution is 0.434. The fourth-order valence-corrected chi connectivity index (χ4v) is 2.78. The van der Waals surface area contributed by atoms with Crippen molar-refractivity contribution in [2.45, 2.75) is 12.8 Å². The van der Waals surface area contributed by atoms with Gasteiger partial charge >= 0.3 is 0 Å². The van der Waals surface area contributed by atoms with Gasteiger partial charge in [0.15, 0.2) is 0 Å². The Kier molecular flexibility index (Phi) is 2.03. The lowest BCUT2D eigenvalue weighted by atomic mass is 9.73. The standard InChI is InChI=1S/C14H16N2/c15-13-3-1-9-5-10-2-4-14(16)8-12(10)6-11(9)7-13/h1-4,7-9,11H,5-6,15-16H2. The highest BCUT2D eigenvalue weighted by atomic mass is 14.6. The summed E-state index contributed by atoms with van der Waals surface area (Å²) >= 11 is 0. The molecular weight excluding hydrogens is 196 g/mol. The maximum absolute atomic E-state index is 5.84. The second-order valence-corrected chi connectivity index (χ2v) is 4.79. The lowest BCUT2D eigenvalue weighted by Gasteiger charge is -2.31. The molecule has 2 unspecified atom stereocenters. The Labute approximate surface area is 95.6 Å². The third-order valence-electron chi connectivity index (χ3n) is 3.63. The van der Waals surface area contributed by atoms with Crippen molar-refractivity contribution in [2.75, 3.05) is 5.73 Å². The van der Waals surface area contributed by atoms with Crippen molar-refractivity contribution in [1.29, 1.82) is 0 Å². The van der Waals surface area contributed by atoms with Crippen molar-refractivity contribution < 1.29 is 0 Å². The Hall–Kier alpha value is -1.70. The van der Waals surface area contributed by atoms with E-state index in [-0.39, 0.29) is 0 Å². The zero-order valence-corrected chi connectivity index (χ0v) is 9.19. The molecule has 0 heterocycles. The van der Waals surface area contributed by atoms with Gasteiger partial charge in [-0.2, -0.15) is 0 Å². The maximum atomic E-state index is 5.84. The van der Waals surface area contributed by atoms with Crippen LogP contribution in [0.1, 0.15) is 11.1 Å². The van der Waals surface area contributed by atoms with Crippen molar-refractivity contribution in [3.8, 4) is 0 Å². The summed E-state index contributed by atoms with van der Waals surface area (Å²) in [5.41, 5.74) is 16.3. The molecule has 0 saturated carbocycles. The molecule has 3 rings (SSSR count). The average Bonchev–Trinajstić information content (AvgIpc) is 2.26. The highest BCUT2D eigenvalue weighted by molar-refractivity contribution is 5.47. The van der Waals surface area contributed by atoms with Gasteiger partial charge in [0.25, 0.3) is 0 Å². The Morgan fingerprint density at radius 1 is 1.00 bits per heavy atom. The van der Waals surface area contributed by atoms with Gasteiger partial charge < -0.3 is 11.5 Å². The van der Waals surface area contributed by atoms with Gasteiger partial charge in [-0.1, -0.05) is 18.2 Å². The van der Waals surface area contributed by atoms with Gasteiger partial charge in [-0.15, -0.1) is 0 Å². The SMILES string of the molecule is NC1=CC2Cc3cc(N)ccc3CC2C=C1. The predicted octanol–water partition coefficient (Wildman–Crippen LogP) is 2.01. The summed E-state index contributed by atoms with van der Waals surface area (Å²) in [5, 5.41) is 0. The normalized spacial score (nSPS) is 26.9. The van der Waals surface area contributed by atoms with E-state index in [1.807, 2.05) is 12.1 Å². The van der Waals surface area contributed by atoms with Gasteiger partial charge in [-0.25, -0.2) is 0 Å². The fourth-order valence-electron chi connectivity index (χ4n) is 2.78. The molecule has 0 fully saturated rings. The van der Waals surface area contributed by atoms with Crippen molar-refractivity contribution >= 4 is 5.69 Å². The topological polar surface area (TPSA) is 52.0 Å². The van der Waals surface area contributed by atoms with Crippen LogP contribution < -0.4 is 11.5 Å². The summed E-state index contributed by atoms with van der Waals surface area (Å²) in [6, 6.07) is 6.26. The molecule has 2 aliphatic carbocycles. The van der Waals surface area contributed by atoms with E-state index < -0.39 is 0 Å². The van der Waals surface area contributed by atoms with E-state index in [1.54, 1.807) is 0 Å². The Bertz CT molecular complexity index is 486. The zero-order valence-electron chi connectivity index (χ0n) is 9.19. The van der Waals surface area contributed by atoms with Crippen LogP contribution in [-0.2, 0) is 12.8 Å². The summed E-state index contributed by atoms with van der Waals surface area (Å²) in [7, 11) is 0. The van der Waals surface area contributed by atoms with Crippen LogP contribution in [0.2, 0.25) is 0 Å². The van der Waals surface area contributed by atoms with Crippen LogP contribution >= 0.6 is 0 Å². The van der Waals surface area contributed by atoms with E-state index in [1.165, 1.54) is 11.1 Å².